The van der Waals surface area contributed by atoms with E-state index in [1.54, 1.807) is 11.0 Å². The van der Waals surface area contributed by atoms with Crippen molar-refractivity contribution in [1.29, 1.82) is 0 Å². The van der Waals surface area contributed by atoms with Crippen LogP contribution in [-0.2, 0) is 14.8 Å². The van der Waals surface area contributed by atoms with Crippen LogP contribution in [0.25, 0.3) is 6.08 Å². The fraction of sp³-hybridized carbons (Fsp3) is 0.357. The SMILES string of the molecule is O=C(O)CN1CCN(S(=O)(=O)C=Cc2ccccc2)CC1. The lowest BCUT2D eigenvalue weighted by molar-refractivity contribution is -0.138. The Morgan fingerprint density at radius 1 is 1.14 bits per heavy atom. The number of carboxylic acid groups (broad SMARTS) is 1. The standard InChI is InChI=1S/C14H18N2O4S/c17-14(18)12-15-7-9-16(10-8-15)21(19,20)11-6-13-4-2-1-3-5-13/h1-6,11H,7-10,12H2,(H,17,18). The van der Waals surface area contributed by atoms with Crippen molar-refractivity contribution < 1.29 is 18.3 Å². The van der Waals surface area contributed by atoms with E-state index in [-0.39, 0.29) is 6.54 Å². The molecule has 0 amide bonds. The average Bonchev–Trinajstić information content (AvgIpc) is 2.46. The zero-order valence-electron chi connectivity index (χ0n) is 11.6. The summed E-state index contributed by atoms with van der Waals surface area (Å²) < 4.78 is 25.8. The molecule has 6 nitrogen and oxygen atoms in total. The molecule has 1 N–H and O–H groups in total. The fourth-order valence-electron chi connectivity index (χ4n) is 2.15. The summed E-state index contributed by atoms with van der Waals surface area (Å²) in [6.07, 6.45) is 1.57. The van der Waals surface area contributed by atoms with E-state index in [4.69, 9.17) is 5.11 Å². The molecule has 1 aromatic rings. The summed E-state index contributed by atoms with van der Waals surface area (Å²) >= 11 is 0. The Morgan fingerprint density at radius 3 is 2.33 bits per heavy atom. The van der Waals surface area contributed by atoms with Gasteiger partial charge >= 0.3 is 5.97 Å². The van der Waals surface area contributed by atoms with Crippen molar-refractivity contribution in [1.82, 2.24) is 9.21 Å². The van der Waals surface area contributed by atoms with Gasteiger partial charge in [-0.05, 0) is 11.6 Å². The van der Waals surface area contributed by atoms with Gasteiger partial charge in [0.1, 0.15) is 0 Å². The second kappa shape index (κ2) is 6.84. The van der Waals surface area contributed by atoms with Crippen LogP contribution in [-0.4, -0.2) is 61.4 Å². The Morgan fingerprint density at radius 2 is 1.76 bits per heavy atom. The summed E-state index contributed by atoms with van der Waals surface area (Å²) in [5.74, 6) is -0.893. The maximum absolute atomic E-state index is 12.2. The van der Waals surface area contributed by atoms with E-state index < -0.39 is 16.0 Å². The van der Waals surface area contributed by atoms with Crippen LogP contribution in [0.4, 0.5) is 0 Å². The largest absolute Gasteiger partial charge is 0.480 e. The summed E-state index contributed by atoms with van der Waals surface area (Å²) in [6.45, 7) is 1.45. The Hall–Kier alpha value is -1.70. The Balaban J connectivity index is 1.95. The summed E-state index contributed by atoms with van der Waals surface area (Å²) in [5.41, 5.74) is 0.825. The van der Waals surface area contributed by atoms with Gasteiger partial charge in [-0.15, -0.1) is 0 Å². The van der Waals surface area contributed by atoms with Gasteiger partial charge in [0.2, 0.25) is 10.0 Å². The number of sulfonamides is 1. The zero-order chi connectivity index (χ0) is 15.3. The first kappa shape index (κ1) is 15.7. The molecule has 7 heteroatoms. The Bertz CT molecular complexity index is 605. The van der Waals surface area contributed by atoms with Gasteiger partial charge in [-0.25, -0.2) is 8.42 Å². The molecule has 0 aliphatic carbocycles. The van der Waals surface area contributed by atoms with E-state index in [2.05, 4.69) is 0 Å². The number of aliphatic carboxylic acids is 1. The first-order valence-corrected chi connectivity index (χ1v) is 8.15. The van der Waals surface area contributed by atoms with Crippen LogP contribution in [0.2, 0.25) is 0 Å². The van der Waals surface area contributed by atoms with Gasteiger partial charge in [0.05, 0.1) is 6.54 Å². The number of piperazine rings is 1. The van der Waals surface area contributed by atoms with Crippen LogP contribution in [0.3, 0.4) is 0 Å². The molecule has 0 atom stereocenters. The number of rotatable bonds is 5. The van der Waals surface area contributed by atoms with Crippen LogP contribution in [0.5, 0.6) is 0 Å². The zero-order valence-corrected chi connectivity index (χ0v) is 12.4. The van der Waals surface area contributed by atoms with Gasteiger partial charge in [0.25, 0.3) is 0 Å². The molecule has 0 spiro atoms. The molecule has 21 heavy (non-hydrogen) atoms. The molecule has 0 aromatic heterocycles. The number of carboxylic acids is 1. The molecule has 2 rings (SSSR count). The van der Waals surface area contributed by atoms with E-state index in [1.165, 1.54) is 9.71 Å². The van der Waals surface area contributed by atoms with Gasteiger partial charge in [0.15, 0.2) is 0 Å². The third kappa shape index (κ3) is 4.66. The van der Waals surface area contributed by atoms with Crippen molar-refractivity contribution in [3.63, 3.8) is 0 Å². The van der Waals surface area contributed by atoms with Crippen LogP contribution in [0.1, 0.15) is 5.56 Å². The van der Waals surface area contributed by atoms with E-state index in [0.29, 0.717) is 26.2 Å². The molecule has 1 aliphatic heterocycles. The van der Waals surface area contributed by atoms with Gasteiger partial charge < -0.3 is 5.11 Å². The van der Waals surface area contributed by atoms with Gasteiger partial charge in [-0.1, -0.05) is 30.3 Å². The van der Waals surface area contributed by atoms with E-state index in [9.17, 15) is 13.2 Å². The first-order chi connectivity index (χ1) is 9.97. The lowest BCUT2D eigenvalue weighted by atomic mass is 10.2. The van der Waals surface area contributed by atoms with Crippen molar-refractivity contribution in [2.24, 2.45) is 0 Å². The van der Waals surface area contributed by atoms with Crippen molar-refractivity contribution in [2.45, 2.75) is 0 Å². The van der Waals surface area contributed by atoms with Crippen LogP contribution >= 0.6 is 0 Å². The molecular formula is C14H18N2O4S. The van der Waals surface area contributed by atoms with Crippen molar-refractivity contribution in [3.05, 3.63) is 41.3 Å². The van der Waals surface area contributed by atoms with Crippen molar-refractivity contribution in [2.75, 3.05) is 32.7 Å². The summed E-state index contributed by atoms with van der Waals surface area (Å²) in [7, 11) is -3.45. The highest BCUT2D eigenvalue weighted by atomic mass is 32.2. The van der Waals surface area contributed by atoms with Gasteiger partial charge in [0, 0.05) is 31.6 Å². The number of hydrogen-bond donors (Lipinski definition) is 1. The van der Waals surface area contributed by atoms with Crippen LogP contribution in [0, 0.1) is 0 Å². The number of benzene rings is 1. The van der Waals surface area contributed by atoms with E-state index >= 15 is 0 Å². The molecule has 0 radical (unpaired) electrons. The lowest BCUT2D eigenvalue weighted by Gasteiger charge is -2.32. The predicted molar refractivity (Wildman–Crippen MR) is 80.0 cm³/mol. The Labute approximate surface area is 124 Å². The monoisotopic (exact) mass is 310 g/mol. The summed E-state index contributed by atoms with van der Waals surface area (Å²) in [4.78, 5) is 12.4. The van der Waals surface area contributed by atoms with Gasteiger partial charge in [-0.3, -0.25) is 9.69 Å². The average molecular weight is 310 g/mol. The highest BCUT2D eigenvalue weighted by Crippen LogP contribution is 2.11. The van der Waals surface area contributed by atoms with Gasteiger partial charge in [-0.2, -0.15) is 4.31 Å². The minimum absolute atomic E-state index is 0.0479. The Kier molecular flexibility index (Phi) is 5.11. The molecule has 0 bridgehead atoms. The number of carbonyl (C=O) groups is 1. The minimum Gasteiger partial charge on any atom is -0.480 e. The van der Waals surface area contributed by atoms with E-state index in [1.807, 2.05) is 30.3 Å². The highest BCUT2D eigenvalue weighted by molar-refractivity contribution is 7.92. The maximum Gasteiger partial charge on any atom is 0.317 e. The minimum atomic E-state index is -3.45. The lowest BCUT2D eigenvalue weighted by Crippen LogP contribution is -2.49. The maximum atomic E-state index is 12.2. The molecule has 1 saturated heterocycles. The third-order valence-corrected chi connectivity index (χ3v) is 4.85. The van der Waals surface area contributed by atoms with E-state index in [0.717, 1.165) is 5.56 Å². The molecular weight excluding hydrogens is 292 g/mol. The number of hydrogen-bond acceptors (Lipinski definition) is 4. The highest BCUT2D eigenvalue weighted by Gasteiger charge is 2.25. The van der Waals surface area contributed by atoms with Crippen LogP contribution < -0.4 is 0 Å². The third-order valence-electron chi connectivity index (χ3n) is 3.28. The fourth-order valence-corrected chi connectivity index (χ4v) is 3.32. The topological polar surface area (TPSA) is 77.9 Å². The van der Waals surface area contributed by atoms with Crippen molar-refractivity contribution in [3.8, 4) is 0 Å². The first-order valence-electron chi connectivity index (χ1n) is 6.65. The smallest absolute Gasteiger partial charge is 0.317 e. The molecule has 1 aliphatic rings. The molecule has 1 fully saturated rings. The summed E-state index contributed by atoms with van der Waals surface area (Å²) in [5, 5.41) is 9.92. The molecule has 1 heterocycles. The molecule has 0 saturated carbocycles. The molecule has 114 valence electrons. The normalized spacial score (nSPS) is 18.1. The van der Waals surface area contributed by atoms with Crippen LogP contribution in [0.15, 0.2) is 35.7 Å². The predicted octanol–water partition coefficient (Wildman–Crippen LogP) is 0.689. The second-order valence-corrected chi connectivity index (χ2v) is 6.65. The quantitative estimate of drug-likeness (QED) is 0.866. The molecule has 0 unspecified atom stereocenters. The summed E-state index contributed by atoms with van der Waals surface area (Å²) in [6, 6.07) is 9.22. The number of nitrogens with zero attached hydrogens (tertiary/aromatic N) is 2. The van der Waals surface area contributed by atoms with Crippen molar-refractivity contribution >= 4 is 22.1 Å². The second-order valence-electron chi connectivity index (χ2n) is 4.83. The molecule has 1 aromatic carbocycles.